The zero-order valence-electron chi connectivity index (χ0n) is 15.3. The largest absolute Gasteiger partial charge is 0.464 e. The molecule has 28 heavy (non-hydrogen) atoms. The molecule has 0 fully saturated rings. The number of nitrogens with zero attached hydrogens (tertiary/aromatic N) is 2. The van der Waals surface area contributed by atoms with Crippen LogP contribution in [0.1, 0.15) is 40.9 Å². The third-order valence-corrected chi connectivity index (χ3v) is 6.27. The molecule has 0 saturated carbocycles. The second-order valence-corrected chi connectivity index (χ2v) is 8.48. The molecule has 2 aliphatic heterocycles. The molecular weight excluding hydrogens is 436 g/mol. The summed E-state index contributed by atoms with van der Waals surface area (Å²) in [4.78, 5) is 0. The van der Waals surface area contributed by atoms with E-state index in [-0.39, 0.29) is 12.3 Å². The van der Waals surface area contributed by atoms with E-state index >= 15 is 0 Å². The zero-order valence-corrected chi connectivity index (χ0v) is 17.6. The average molecular weight is 454 g/mol. The van der Waals surface area contributed by atoms with Gasteiger partial charge in [-0.25, -0.2) is 5.01 Å². The summed E-state index contributed by atoms with van der Waals surface area (Å²) in [5.74, 6) is 0.867. The topological polar surface area (TPSA) is 24.8 Å². The normalized spacial score (nSPS) is 20.2. The van der Waals surface area contributed by atoms with Crippen molar-refractivity contribution in [3.63, 3.8) is 0 Å². The summed E-state index contributed by atoms with van der Waals surface area (Å²) >= 11 is 9.97. The Balaban J connectivity index is 1.62. The molecule has 0 radical (unpaired) electrons. The van der Waals surface area contributed by atoms with Crippen molar-refractivity contribution in [3.8, 4) is 5.75 Å². The second kappa shape index (κ2) is 6.94. The summed E-state index contributed by atoms with van der Waals surface area (Å²) < 4.78 is 7.41. The highest BCUT2D eigenvalue weighted by molar-refractivity contribution is 9.10. The Morgan fingerprint density at radius 1 is 1.04 bits per heavy atom. The van der Waals surface area contributed by atoms with Crippen LogP contribution in [0.25, 0.3) is 0 Å². The van der Waals surface area contributed by atoms with Gasteiger partial charge in [-0.05, 0) is 36.8 Å². The average Bonchev–Trinajstić information content (AvgIpc) is 3.14. The molecule has 5 rings (SSSR count). The molecule has 0 amide bonds. The molecule has 0 bridgehead atoms. The van der Waals surface area contributed by atoms with Crippen LogP contribution in [0.4, 0.5) is 0 Å². The highest BCUT2D eigenvalue weighted by Gasteiger charge is 2.41. The maximum Gasteiger partial charge on any atom is 0.214 e. The van der Waals surface area contributed by atoms with Crippen LogP contribution in [0.15, 0.2) is 76.3 Å². The van der Waals surface area contributed by atoms with Gasteiger partial charge in [0.1, 0.15) is 5.75 Å². The lowest BCUT2D eigenvalue weighted by Crippen LogP contribution is -2.33. The summed E-state index contributed by atoms with van der Waals surface area (Å²) in [7, 11) is 0. The number of benzene rings is 3. The van der Waals surface area contributed by atoms with Crippen molar-refractivity contribution in [3.05, 3.63) is 98.5 Å². The van der Waals surface area contributed by atoms with Gasteiger partial charge in [0, 0.05) is 27.0 Å². The van der Waals surface area contributed by atoms with E-state index < -0.39 is 0 Å². The third kappa shape index (κ3) is 3.01. The number of ether oxygens (including phenoxy) is 1. The molecule has 2 aliphatic rings. The van der Waals surface area contributed by atoms with Crippen LogP contribution in [0, 0.1) is 6.92 Å². The number of hydrazone groups is 1. The van der Waals surface area contributed by atoms with Gasteiger partial charge in [-0.2, -0.15) is 5.10 Å². The van der Waals surface area contributed by atoms with Crippen LogP contribution in [0.5, 0.6) is 5.75 Å². The van der Waals surface area contributed by atoms with Crippen LogP contribution in [0.3, 0.4) is 0 Å². The molecule has 0 unspecified atom stereocenters. The van der Waals surface area contributed by atoms with E-state index in [1.54, 1.807) is 0 Å². The summed E-state index contributed by atoms with van der Waals surface area (Å²) in [6.45, 7) is 2.10. The summed E-state index contributed by atoms with van der Waals surface area (Å²) in [5, 5.41) is 7.79. The van der Waals surface area contributed by atoms with Crippen molar-refractivity contribution < 1.29 is 4.74 Å². The fourth-order valence-electron chi connectivity index (χ4n) is 3.86. The van der Waals surface area contributed by atoms with Gasteiger partial charge < -0.3 is 4.74 Å². The Bertz CT molecular complexity index is 1080. The number of hydrogen-bond acceptors (Lipinski definition) is 3. The van der Waals surface area contributed by atoms with E-state index in [9.17, 15) is 0 Å². The molecule has 3 aromatic rings. The zero-order chi connectivity index (χ0) is 19.3. The lowest BCUT2D eigenvalue weighted by molar-refractivity contribution is -0.0194. The quantitative estimate of drug-likeness (QED) is 0.434. The van der Waals surface area contributed by atoms with E-state index in [0.717, 1.165) is 39.0 Å². The molecule has 0 aromatic heterocycles. The lowest BCUT2D eigenvalue weighted by Gasteiger charge is -2.38. The highest BCUT2D eigenvalue weighted by atomic mass is 79.9. The number of halogens is 2. The Hall–Kier alpha value is -2.30. The molecule has 0 N–H and O–H groups in total. The molecule has 3 aromatic carbocycles. The second-order valence-electron chi connectivity index (χ2n) is 7.19. The van der Waals surface area contributed by atoms with Crippen molar-refractivity contribution in [1.29, 1.82) is 0 Å². The number of aryl methyl sites for hydroxylation is 1. The van der Waals surface area contributed by atoms with Gasteiger partial charge in [-0.1, -0.05) is 75.6 Å². The van der Waals surface area contributed by atoms with Gasteiger partial charge in [0.2, 0.25) is 6.23 Å². The Morgan fingerprint density at radius 2 is 1.82 bits per heavy atom. The maximum atomic E-state index is 6.40. The minimum absolute atomic E-state index is 0.0934. The van der Waals surface area contributed by atoms with E-state index in [0.29, 0.717) is 5.02 Å². The molecule has 5 heteroatoms. The van der Waals surface area contributed by atoms with Crippen molar-refractivity contribution >= 4 is 33.2 Å². The van der Waals surface area contributed by atoms with Crippen molar-refractivity contribution in [2.45, 2.75) is 25.6 Å². The van der Waals surface area contributed by atoms with Crippen LogP contribution in [-0.2, 0) is 0 Å². The van der Waals surface area contributed by atoms with Crippen LogP contribution >= 0.6 is 27.5 Å². The fraction of sp³-hybridized carbons (Fsp3) is 0.174. The Morgan fingerprint density at radius 3 is 2.61 bits per heavy atom. The highest BCUT2D eigenvalue weighted by Crippen LogP contribution is 2.49. The monoisotopic (exact) mass is 452 g/mol. The smallest absolute Gasteiger partial charge is 0.214 e. The van der Waals surface area contributed by atoms with Crippen molar-refractivity contribution in [1.82, 2.24) is 5.01 Å². The van der Waals surface area contributed by atoms with Crippen LogP contribution in [0.2, 0.25) is 5.02 Å². The van der Waals surface area contributed by atoms with E-state index in [1.807, 2.05) is 36.4 Å². The summed E-state index contributed by atoms with van der Waals surface area (Å²) in [6, 6.07) is 22.6. The molecular formula is C23H18BrClN2O. The molecule has 0 aliphatic carbocycles. The van der Waals surface area contributed by atoms with E-state index in [1.165, 1.54) is 5.56 Å². The fourth-order valence-corrected chi connectivity index (χ4v) is 4.52. The number of fused-ring (bicyclic) bond motifs is 3. The summed E-state index contributed by atoms with van der Waals surface area (Å²) in [6.07, 6.45) is 0.526. The molecule has 0 spiro atoms. The van der Waals surface area contributed by atoms with Gasteiger partial charge in [-0.15, -0.1) is 0 Å². The van der Waals surface area contributed by atoms with Gasteiger partial charge in [-0.3, -0.25) is 0 Å². The summed E-state index contributed by atoms with van der Waals surface area (Å²) in [5.41, 5.74) is 5.60. The van der Waals surface area contributed by atoms with Gasteiger partial charge in [0.15, 0.2) is 0 Å². The Labute approximate surface area is 177 Å². The van der Waals surface area contributed by atoms with Crippen LogP contribution < -0.4 is 4.74 Å². The predicted octanol–water partition coefficient (Wildman–Crippen LogP) is 6.65. The Kier molecular flexibility index (Phi) is 4.41. The SMILES string of the molecule is Cc1ccc(C2=NN3[C@H](C2)c2cc(Cl)ccc2O[C@@H]3c2ccccc2Br)cc1. The number of hydrogen-bond donors (Lipinski definition) is 0. The van der Waals surface area contributed by atoms with Crippen molar-refractivity contribution in [2.24, 2.45) is 5.10 Å². The standard InChI is InChI=1S/C23H18BrClN2O/c1-14-6-8-15(9-7-14)20-13-21-18-12-16(25)10-11-22(18)28-23(27(21)26-20)17-4-2-3-5-19(17)24/h2-12,21,23H,13H2,1H3/t21-,23-/m1/s1. The lowest BCUT2D eigenvalue weighted by atomic mass is 9.95. The molecule has 3 nitrogen and oxygen atoms in total. The number of rotatable bonds is 2. The van der Waals surface area contributed by atoms with Crippen LogP contribution in [-0.4, -0.2) is 10.7 Å². The van der Waals surface area contributed by atoms with Gasteiger partial charge in [0.25, 0.3) is 0 Å². The first-order valence-electron chi connectivity index (χ1n) is 9.23. The molecule has 2 heterocycles. The van der Waals surface area contributed by atoms with Crippen molar-refractivity contribution in [2.75, 3.05) is 0 Å². The third-order valence-electron chi connectivity index (χ3n) is 5.31. The minimum atomic E-state index is -0.294. The first-order valence-corrected chi connectivity index (χ1v) is 10.4. The van der Waals surface area contributed by atoms with Gasteiger partial charge in [0.05, 0.1) is 11.8 Å². The predicted molar refractivity (Wildman–Crippen MR) is 116 cm³/mol. The van der Waals surface area contributed by atoms with Gasteiger partial charge >= 0.3 is 0 Å². The minimum Gasteiger partial charge on any atom is -0.464 e. The van der Waals surface area contributed by atoms with E-state index in [4.69, 9.17) is 21.4 Å². The molecule has 2 atom stereocenters. The first kappa shape index (κ1) is 17.8. The maximum absolute atomic E-state index is 6.40. The van der Waals surface area contributed by atoms with E-state index in [2.05, 4.69) is 58.2 Å². The first-order chi connectivity index (χ1) is 13.6. The molecule has 140 valence electrons. The molecule has 0 saturated heterocycles.